The molecule has 27 heavy (non-hydrogen) atoms. The number of carbonyl (C=O) groups is 1. The Balaban J connectivity index is 2.16. The molecule has 7 heteroatoms. The predicted molar refractivity (Wildman–Crippen MR) is 108 cm³/mol. The van der Waals surface area contributed by atoms with Gasteiger partial charge in [-0.3, -0.25) is 8.98 Å². The van der Waals surface area contributed by atoms with Crippen molar-refractivity contribution in [1.82, 2.24) is 4.90 Å². The molecule has 0 aliphatic carbocycles. The predicted octanol–water partition coefficient (Wildman–Crippen LogP) is 3.11. The zero-order valence-electron chi connectivity index (χ0n) is 16.9. The molecule has 1 saturated heterocycles. The summed E-state index contributed by atoms with van der Waals surface area (Å²) >= 11 is 0. The van der Waals surface area contributed by atoms with Crippen molar-refractivity contribution in [2.45, 2.75) is 59.1 Å². The Kier molecular flexibility index (Phi) is 7.42. The van der Waals surface area contributed by atoms with Crippen molar-refractivity contribution in [3.05, 3.63) is 35.7 Å². The van der Waals surface area contributed by atoms with E-state index in [0.717, 1.165) is 43.7 Å². The fraction of sp³-hybridized carbons (Fsp3) is 0.600. The molecule has 1 unspecified atom stereocenters. The summed E-state index contributed by atoms with van der Waals surface area (Å²) in [5, 5.41) is 0. The second kappa shape index (κ2) is 9.17. The van der Waals surface area contributed by atoms with E-state index in [9.17, 15) is 13.2 Å². The smallest absolute Gasteiger partial charge is 0.257 e. The fourth-order valence-corrected chi connectivity index (χ4v) is 4.20. The standard InChI is InChI=1S/C20H31N2O4S/c1-15(2)14-21-12-10-20(5,11-13-21)22(17(4)23)19-8-6-18(7-9-19)16(3)26-27(24)25/h6-9,16,27H,10-14H2,1-5H3. The highest BCUT2D eigenvalue weighted by Crippen LogP contribution is 2.34. The lowest BCUT2D eigenvalue weighted by molar-refractivity contribution is -0.118. The normalized spacial score (nSPS) is 18.6. The first kappa shape index (κ1) is 21.9. The van der Waals surface area contributed by atoms with E-state index in [1.165, 1.54) is 5.92 Å². The Morgan fingerprint density at radius 2 is 1.74 bits per heavy atom. The number of nitrogens with zero attached hydrogens (tertiary/aromatic N) is 2. The van der Waals surface area contributed by atoms with Crippen molar-refractivity contribution < 1.29 is 17.4 Å². The molecule has 1 heterocycles. The Morgan fingerprint density at radius 1 is 1.19 bits per heavy atom. The van der Waals surface area contributed by atoms with E-state index in [1.54, 1.807) is 13.8 Å². The average Bonchev–Trinajstić information content (AvgIpc) is 2.56. The van der Waals surface area contributed by atoms with Gasteiger partial charge in [0.1, 0.15) is 0 Å². The molecule has 0 aromatic heterocycles. The Hall–Kier alpha value is -1.44. The van der Waals surface area contributed by atoms with Gasteiger partial charge >= 0.3 is 0 Å². The molecule has 1 radical (unpaired) electrons. The van der Waals surface area contributed by atoms with Gasteiger partial charge in [0.05, 0.1) is 6.10 Å². The number of amides is 1. The quantitative estimate of drug-likeness (QED) is 0.719. The zero-order chi connectivity index (χ0) is 20.2. The first-order valence-corrected chi connectivity index (χ1v) is 10.5. The number of likely N-dealkylation sites (tertiary alicyclic amines) is 1. The van der Waals surface area contributed by atoms with Crippen LogP contribution in [0.25, 0.3) is 0 Å². The maximum atomic E-state index is 12.5. The minimum atomic E-state index is -2.89. The van der Waals surface area contributed by atoms with Gasteiger partial charge in [0.15, 0.2) is 0 Å². The fourth-order valence-electron chi connectivity index (χ4n) is 3.82. The topological polar surface area (TPSA) is 66.9 Å². The first-order chi connectivity index (χ1) is 12.6. The van der Waals surface area contributed by atoms with Crippen molar-refractivity contribution >= 4 is 22.6 Å². The molecule has 0 spiro atoms. The van der Waals surface area contributed by atoms with E-state index >= 15 is 0 Å². The maximum Gasteiger partial charge on any atom is 0.257 e. The number of hydrogen-bond acceptors (Lipinski definition) is 5. The van der Waals surface area contributed by atoms with Crippen LogP contribution in [0, 0.1) is 5.92 Å². The summed E-state index contributed by atoms with van der Waals surface area (Å²) in [6.45, 7) is 12.7. The largest absolute Gasteiger partial charge is 0.307 e. The zero-order valence-corrected chi connectivity index (χ0v) is 17.8. The highest BCUT2D eigenvalue weighted by Gasteiger charge is 2.38. The Morgan fingerprint density at radius 3 is 2.19 bits per heavy atom. The summed E-state index contributed by atoms with van der Waals surface area (Å²) in [5.74, 6) is 1.41. The molecule has 1 fully saturated rings. The van der Waals surface area contributed by atoms with Crippen LogP contribution in [0.15, 0.2) is 24.3 Å². The third kappa shape index (κ3) is 5.77. The lowest BCUT2D eigenvalue weighted by Gasteiger charge is -2.46. The van der Waals surface area contributed by atoms with Crippen LogP contribution < -0.4 is 4.90 Å². The molecule has 1 aliphatic heterocycles. The average molecular weight is 396 g/mol. The number of thiol groups is 1. The van der Waals surface area contributed by atoms with Crippen LogP contribution in [0.3, 0.4) is 0 Å². The highest BCUT2D eigenvalue weighted by atomic mass is 32.2. The lowest BCUT2D eigenvalue weighted by Crippen LogP contribution is -2.55. The third-order valence-electron chi connectivity index (χ3n) is 5.19. The number of rotatable bonds is 7. The minimum Gasteiger partial charge on any atom is -0.307 e. The van der Waals surface area contributed by atoms with Gasteiger partial charge in [-0.25, -0.2) is 8.42 Å². The van der Waals surface area contributed by atoms with Crippen molar-refractivity contribution in [3.8, 4) is 0 Å². The highest BCUT2D eigenvalue weighted by molar-refractivity contribution is 7.67. The lowest BCUT2D eigenvalue weighted by atomic mass is 9.86. The summed E-state index contributed by atoms with van der Waals surface area (Å²) in [6, 6.07) is 7.39. The van der Waals surface area contributed by atoms with E-state index in [4.69, 9.17) is 4.18 Å². The molecule has 1 aromatic carbocycles. The Bertz CT molecular complexity index is 699. The summed E-state index contributed by atoms with van der Waals surface area (Å²) in [4.78, 5) is 16.8. The minimum absolute atomic E-state index is 0.0175. The van der Waals surface area contributed by atoms with E-state index < -0.39 is 17.1 Å². The van der Waals surface area contributed by atoms with Gasteiger partial charge in [0.25, 0.3) is 11.0 Å². The number of anilines is 1. The summed E-state index contributed by atoms with van der Waals surface area (Å²) < 4.78 is 26.3. The number of benzene rings is 1. The first-order valence-electron chi connectivity index (χ1n) is 9.36. The molecule has 0 saturated carbocycles. The van der Waals surface area contributed by atoms with Crippen LogP contribution in [0.2, 0.25) is 0 Å². The number of carbonyl (C=O) groups excluding carboxylic acids is 1. The molecule has 151 valence electrons. The molecular formula is C20H31N2O4S. The maximum absolute atomic E-state index is 12.5. The van der Waals surface area contributed by atoms with Crippen LogP contribution in [0.1, 0.15) is 59.1 Å². The van der Waals surface area contributed by atoms with Gasteiger partial charge < -0.3 is 9.80 Å². The van der Waals surface area contributed by atoms with Crippen LogP contribution in [-0.2, 0) is 20.0 Å². The molecule has 0 N–H and O–H groups in total. The third-order valence-corrected chi connectivity index (χ3v) is 5.68. The van der Waals surface area contributed by atoms with E-state index in [-0.39, 0.29) is 11.4 Å². The van der Waals surface area contributed by atoms with Gasteiger partial charge in [0.2, 0.25) is 5.91 Å². The van der Waals surface area contributed by atoms with Crippen LogP contribution in [-0.4, -0.2) is 44.4 Å². The second-order valence-electron chi connectivity index (χ2n) is 7.90. The Labute approximate surface area is 164 Å². The van der Waals surface area contributed by atoms with E-state index in [1.807, 2.05) is 29.2 Å². The summed E-state index contributed by atoms with van der Waals surface area (Å²) in [5.41, 5.74) is 1.36. The summed E-state index contributed by atoms with van der Waals surface area (Å²) in [7, 11) is -2.89. The molecule has 2 rings (SSSR count). The van der Waals surface area contributed by atoms with Crippen molar-refractivity contribution in [3.63, 3.8) is 0 Å². The van der Waals surface area contributed by atoms with Crippen LogP contribution in [0.5, 0.6) is 0 Å². The number of hydrogen-bond donors (Lipinski definition) is 1. The molecule has 0 bridgehead atoms. The molecule has 1 aromatic rings. The van der Waals surface area contributed by atoms with Crippen LogP contribution >= 0.6 is 0 Å². The van der Waals surface area contributed by atoms with Crippen molar-refractivity contribution in [1.29, 1.82) is 0 Å². The van der Waals surface area contributed by atoms with Crippen LogP contribution in [0.4, 0.5) is 5.69 Å². The van der Waals surface area contributed by atoms with E-state index in [0.29, 0.717) is 0 Å². The molecule has 1 aliphatic rings. The number of piperidine rings is 1. The monoisotopic (exact) mass is 395 g/mol. The van der Waals surface area contributed by atoms with Gasteiger partial charge in [-0.2, -0.15) is 0 Å². The molecule has 1 amide bonds. The summed E-state index contributed by atoms with van der Waals surface area (Å²) in [6.07, 6.45) is 1.29. The molecular weight excluding hydrogens is 364 g/mol. The SMILES string of the molecule is C[C](C)CN1CCC(C)(N(C(C)=O)c2ccc(C(C)O[SH](=O)=O)cc2)CC1. The van der Waals surface area contributed by atoms with Crippen molar-refractivity contribution in [2.24, 2.45) is 0 Å². The van der Waals surface area contributed by atoms with E-state index in [2.05, 4.69) is 25.7 Å². The van der Waals surface area contributed by atoms with Gasteiger partial charge in [-0.1, -0.05) is 26.0 Å². The molecule has 6 nitrogen and oxygen atoms in total. The van der Waals surface area contributed by atoms with Gasteiger partial charge in [-0.15, -0.1) is 0 Å². The second-order valence-corrected chi connectivity index (χ2v) is 8.56. The van der Waals surface area contributed by atoms with Crippen molar-refractivity contribution in [2.75, 3.05) is 24.5 Å². The molecule has 1 atom stereocenters. The van der Waals surface area contributed by atoms with Gasteiger partial charge in [0, 0.05) is 37.8 Å². The van der Waals surface area contributed by atoms with Gasteiger partial charge in [-0.05, 0) is 50.3 Å².